The van der Waals surface area contributed by atoms with E-state index in [1.165, 1.54) is 30.7 Å². The fourth-order valence-electron chi connectivity index (χ4n) is 3.51. The second-order valence-corrected chi connectivity index (χ2v) is 9.78. The van der Waals surface area contributed by atoms with E-state index in [1.807, 2.05) is 13.8 Å². The second-order valence-electron chi connectivity index (χ2n) is 7.84. The standard InChI is InChI=1S/C23H30N2O6S/c1-16(2)31-22-9-8-20(32(27,28)25-10-6-5-7-11-25)15-21(22)24-23(26)17-12-18(29-3)14-19(13-17)30-4/h8-9,12-16H,5-7,10-11H2,1-4H3,(H,24,26). The van der Waals surface area contributed by atoms with Gasteiger partial charge >= 0.3 is 0 Å². The molecule has 1 heterocycles. The summed E-state index contributed by atoms with van der Waals surface area (Å²) in [6, 6.07) is 9.38. The van der Waals surface area contributed by atoms with Crippen molar-refractivity contribution in [3.05, 3.63) is 42.0 Å². The van der Waals surface area contributed by atoms with Gasteiger partial charge in [0.25, 0.3) is 5.91 Å². The normalized spacial score (nSPS) is 14.8. The molecule has 0 unspecified atom stereocenters. The van der Waals surface area contributed by atoms with Crippen LogP contribution < -0.4 is 19.5 Å². The van der Waals surface area contributed by atoms with E-state index in [0.29, 0.717) is 35.9 Å². The minimum absolute atomic E-state index is 0.119. The molecule has 0 spiro atoms. The van der Waals surface area contributed by atoms with Crippen molar-refractivity contribution < 1.29 is 27.4 Å². The molecule has 0 saturated carbocycles. The number of amides is 1. The lowest BCUT2D eigenvalue weighted by molar-refractivity contribution is 0.102. The van der Waals surface area contributed by atoms with Crippen LogP contribution in [-0.4, -0.2) is 52.0 Å². The van der Waals surface area contributed by atoms with Crippen LogP contribution in [0.5, 0.6) is 17.2 Å². The van der Waals surface area contributed by atoms with E-state index in [-0.39, 0.29) is 16.7 Å². The van der Waals surface area contributed by atoms with Gasteiger partial charge in [-0.15, -0.1) is 0 Å². The number of ether oxygens (including phenoxy) is 3. The van der Waals surface area contributed by atoms with Gasteiger partial charge in [0.2, 0.25) is 10.0 Å². The van der Waals surface area contributed by atoms with E-state index in [2.05, 4.69) is 5.32 Å². The summed E-state index contributed by atoms with van der Waals surface area (Å²) >= 11 is 0. The Morgan fingerprint density at radius 3 is 2.16 bits per heavy atom. The maximum absolute atomic E-state index is 13.1. The number of nitrogens with zero attached hydrogens (tertiary/aromatic N) is 1. The first kappa shape index (κ1) is 23.9. The molecule has 2 aromatic carbocycles. The molecule has 1 fully saturated rings. The second kappa shape index (κ2) is 10.2. The van der Waals surface area contributed by atoms with Crippen LogP contribution in [0.3, 0.4) is 0 Å². The highest BCUT2D eigenvalue weighted by molar-refractivity contribution is 7.89. The van der Waals surface area contributed by atoms with E-state index in [9.17, 15) is 13.2 Å². The van der Waals surface area contributed by atoms with E-state index in [1.54, 1.807) is 24.3 Å². The molecule has 8 nitrogen and oxygen atoms in total. The van der Waals surface area contributed by atoms with E-state index in [4.69, 9.17) is 14.2 Å². The van der Waals surface area contributed by atoms with Crippen LogP contribution in [0.25, 0.3) is 0 Å². The average Bonchev–Trinajstić information content (AvgIpc) is 2.79. The van der Waals surface area contributed by atoms with E-state index >= 15 is 0 Å². The van der Waals surface area contributed by atoms with Crippen LogP contribution in [-0.2, 0) is 10.0 Å². The number of benzene rings is 2. The minimum Gasteiger partial charge on any atom is -0.497 e. The van der Waals surface area contributed by atoms with Gasteiger partial charge in [0.15, 0.2) is 0 Å². The highest BCUT2D eigenvalue weighted by Crippen LogP contribution is 2.32. The average molecular weight is 463 g/mol. The third-order valence-electron chi connectivity index (χ3n) is 5.13. The Hall–Kier alpha value is -2.78. The third kappa shape index (κ3) is 5.52. The maximum Gasteiger partial charge on any atom is 0.256 e. The van der Waals surface area contributed by atoms with Crippen LogP contribution in [0.1, 0.15) is 43.5 Å². The fraction of sp³-hybridized carbons (Fsp3) is 0.435. The number of piperidine rings is 1. The predicted octanol–water partition coefficient (Wildman–Crippen LogP) is 3.92. The van der Waals surface area contributed by atoms with Crippen molar-refractivity contribution in [2.45, 2.75) is 44.1 Å². The summed E-state index contributed by atoms with van der Waals surface area (Å²) < 4.78 is 44.0. The fourth-order valence-corrected chi connectivity index (χ4v) is 5.06. The molecular weight excluding hydrogens is 432 g/mol. The largest absolute Gasteiger partial charge is 0.497 e. The first-order valence-electron chi connectivity index (χ1n) is 10.6. The van der Waals surface area contributed by atoms with Crippen molar-refractivity contribution in [1.29, 1.82) is 0 Å². The van der Waals surface area contributed by atoms with Gasteiger partial charge in [0.1, 0.15) is 17.2 Å². The van der Waals surface area contributed by atoms with Gasteiger partial charge in [0, 0.05) is 24.7 Å². The molecule has 0 aliphatic carbocycles. The van der Waals surface area contributed by atoms with Crippen molar-refractivity contribution in [3.8, 4) is 17.2 Å². The van der Waals surface area contributed by atoms with Crippen molar-refractivity contribution in [2.75, 3.05) is 32.6 Å². The lowest BCUT2D eigenvalue weighted by atomic mass is 10.1. The third-order valence-corrected chi connectivity index (χ3v) is 7.02. The van der Waals surface area contributed by atoms with Crippen molar-refractivity contribution in [2.24, 2.45) is 0 Å². The van der Waals surface area contributed by atoms with Crippen LogP contribution in [0.4, 0.5) is 5.69 Å². The van der Waals surface area contributed by atoms with Crippen molar-refractivity contribution in [3.63, 3.8) is 0 Å². The Kier molecular flexibility index (Phi) is 7.63. The molecule has 0 radical (unpaired) electrons. The molecular formula is C23H30N2O6S. The number of rotatable bonds is 8. The van der Waals surface area contributed by atoms with Gasteiger partial charge < -0.3 is 19.5 Å². The molecule has 1 N–H and O–H groups in total. The smallest absolute Gasteiger partial charge is 0.256 e. The van der Waals surface area contributed by atoms with Gasteiger partial charge in [-0.05, 0) is 57.0 Å². The molecule has 1 aliphatic heterocycles. The van der Waals surface area contributed by atoms with Crippen LogP contribution in [0.2, 0.25) is 0 Å². The van der Waals surface area contributed by atoms with Gasteiger partial charge in [-0.1, -0.05) is 6.42 Å². The number of hydrogen-bond acceptors (Lipinski definition) is 6. The topological polar surface area (TPSA) is 94.2 Å². The van der Waals surface area contributed by atoms with E-state index in [0.717, 1.165) is 19.3 Å². The molecule has 9 heteroatoms. The quantitative estimate of drug-likeness (QED) is 0.639. The molecule has 32 heavy (non-hydrogen) atoms. The summed E-state index contributed by atoms with van der Waals surface area (Å²) in [6.45, 7) is 4.71. The lowest BCUT2D eigenvalue weighted by Crippen LogP contribution is -2.35. The summed E-state index contributed by atoms with van der Waals surface area (Å²) in [7, 11) is -0.665. The first-order valence-corrected chi connectivity index (χ1v) is 12.0. The number of hydrogen-bond donors (Lipinski definition) is 1. The maximum atomic E-state index is 13.1. The molecule has 1 amide bonds. The zero-order valence-electron chi connectivity index (χ0n) is 18.9. The number of anilines is 1. The Morgan fingerprint density at radius 2 is 1.59 bits per heavy atom. The summed E-state index contributed by atoms with van der Waals surface area (Å²) in [5.74, 6) is 0.883. The zero-order chi connectivity index (χ0) is 23.3. The number of nitrogens with one attached hydrogen (secondary N) is 1. The van der Waals surface area contributed by atoms with Crippen molar-refractivity contribution in [1.82, 2.24) is 4.31 Å². The molecule has 1 aliphatic rings. The molecule has 1 saturated heterocycles. The van der Waals surface area contributed by atoms with Gasteiger partial charge in [-0.2, -0.15) is 4.31 Å². The lowest BCUT2D eigenvalue weighted by Gasteiger charge is -2.26. The van der Waals surface area contributed by atoms with E-state index < -0.39 is 15.9 Å². The Labute approximate surface area is 189 Å². The van der Waals surface area contributed by atoms with Crippen molar-refractivity contribution >= 4 is 21.6 Å². The molecule has 3 rings (SSSR count). The number of carbonyl (C=O) groups excluding carboxylic acids is 1. The zero-order valence-corrected chi connectivity index (χ0v) is 19.7. The summed E-state index contributed by atoms with van der Waals surface area (Å²) in [5.41, 5.74) is 0.588. The molecule has 0 aromatic heterocycles. The molecule has 0 atom stereocenters. The first-order chi connectivity index (χ1) is 15.2. The molecule has 2 aromatic rings. The number of carbonyl (C=O) groups is 1. The molecule has 0 bridgehead atoms. The summed E-state index contributed by atoms with van der Waals surface area (Å²) in [5, 5.41) is 2.79. The van der Waals surface area contributed by atoms with Crippen LogP contribution >= 0.6 is 0 Å². The number of methoxy groups -OCH3 is 2. The summed E-state index contributed by atoms with van der Waals surface area (Å²) in [4.78, 5) is 13.1. The number of sulfonamides is 1. The van der Waals surface area contributed by atoms with Gasteiger partial charge in [-0.3, -0.25) is 4.79 Å². The summed E-state index contributed by atoms with van der Waals surface area (Å²) in [6.07, 6.45) is 2.55. The molecule has 174 valence electrons. The van der Waals surface area contributed by atoms with Crippen LogP contribution in [0.15, 0.2) is 41.3 Å². The monoisotopic (exact) mass is 462 g/mol. The highest BCUT2D eigenvalue weighted by Gasteiger charge is 2.27. The Morgan fingerprint density at radius 1 is 0.969 bits per heavy atom. The SMILES string of the molecule is COc1cc(OC)cc(C(=O)Nc2cc(S(=O)(=O)N3CCCCC3)ccc2OC(C)C)c1. The van der Waals surface area contributed by atoms with Gasteiger partial charge in [-0.25, -0.2) is 8.42 Å². The van der Waals surface area contributed by atoms with Gasteiger partial charge in [0.05, 0.1) is 30.9 Å². The Balaban J connectivity index is 1.96. The predicted molar refractivity (Wildman–Crippen MR) is 122 cm³/mol. The minimum atomic E-state index is -3.67. The highest BCUT2D eigenvalue weighted by atomic mass is 32.2. The van der Waals surface area contributed by atoms with Crippen LogP contribution in [0, 0.1) is 0 Å². The Bertz CT molecular complexity index is 1040.